The first kappa shape index (κ1) is 9.86. The zero-order valence-electron chi connectivity index (χ0n) is 7.29. The highest BCUT2D eigenvalue weighted by molar-refractivity contribution is 9.11. The maximum atomic E-state index is 5.19. The van der Waals surface area contributed by atoms with Gasteiger partial charge in [-0.2, -0.15) is 0 Å². The summed E-state index contributed by atoms with van der Waals surface area (Å²) in [6, 6.07) is 3.64. The van der Waals surface area contributed by atoms with Crippen molar-refractivity contribution in [3.8, 4) is 11.4 Å². The molecule has 0 saturated heterocycles. The van der Waals surface area contributed by atoms with Crippen LogP contribution in [0.3, 0.4) is 0 Å². The SMILES string of the molecule is Cc1occc1-c1nc(Br)cc(Br)n1. The molecular weight excluding hydrogens is 312 g/mol. The number of aryl methyl sites for hydroxylation is 1. The predicted octanol–water partition coefficient (Wildman–Crippen LogP) is 3.57. The topological polar surface area (TPSA) is 38.9 Å². The van der Waals surface area contributed by atoms with Crippen LogP contribution in [0.5, 0.6) is 0 Å². The van der Waals surface area contributed by atoms with Gasteiger partial charge in [0.05, 0.1) is 11.8 Å². The smallest absolute Gasteiger partial charge is 0.165 e. The summed E-state index contributed by atoms with van der Waals surface area (Å²) >= 11 is 6.62. The van der Waals surface area contributed by atoms with Crippen LogP contribution in [0, 0.1) is 6.92 Å². The quantitative estimate of drug-likeness (QED) is 0.755. The molecule has 0 fully saturated rings. The summed E-state index contributed by atoms with van der Waals surface area (Å²) in [6.45, 7) is 1.88. The molecule has 2 aromatic rings. The third-order valence-corrected chi connectivity index (χ3v) is 2.58. The van der Waals surface area contributed by atoms with Crippen LogP contribution in [0.1, 0.15) is 5.76 Å². The van der Waals surface area contributed by atoms with E-state index in [0.717, 1.165) is 20.5 Å². The minimum atomic E-state index is 0.650. The Morgan fingerprint density at radius 2 is 1.86 bits per heavy atom. The van der Waals surface area contributed by atoms with Gasteiger partial charge in [0.25, 0.3) is 0 Å². The van der Waals surface area contributed by atoms with Crippen LogP contribution < -0.4 is 0 Å². The van der Waals surface area contributed by atoms with Gasteiger partial charge in [-0.3, -0.25) is 0 Å². The molecule has 0 aliphatic rings. The molecule has 2 heterocycles. The highest BCUT2D eigenvalue weighted by Gasteiger charge is 2.09. The first-order valence-corrected chi connectivity index (χ1v) is 5.50. The van der Waals surface area contributed by atoms with Crippen LogP contribution >= 0.6 is 31.9 Å². The number of hydrogen-bond acceptors (Lipinski definition) is 3. The average Bonchev–Trinajstić information content (AvgIpc) is 2.49. The van der Waals surface area contributed by atoms with E-state index in [9.17, 15) is 0 Å². The lowest BCUT2D eigenvalue weighted by molar-refractivity contribution is 0.535. The third-order valence-electron chi connectivity index (χ3n) is 1.76. The van der Waals surface area contributed by atoms with E-state index in [4.69, 9.17) is 4.42 Å². The molecule has 0 radical (unpaired) electrons. The van der Waals surface area contributed by atoms with E-state index in [0.29, 0.717) is 5.82 Å². The fraction of sp³-hybridized carbons (Fsp3) is 0.111. The summed E-state index contributed by atoms with van der Waals surface area (Å²) in [7, 11) is 0. The zero-order chi connectivity index (χ0) is 10.1. The molecule has 0 aromatic carbocycles. The molecule has 0 amide bonds. The van der Waals surface area contributed by atoms with Gasteiger partial charge in [0.15, 0.2) is 5.82 Å². The average molecular weight is 318 g/mol. The molecule has 0 saturated carbocycles. The van der Waals surface area contributed by atoms with Crippen LogP contribution in [0.2, 0.25) is 0 Å². The standard InChI is InChI=1S/C9H6Br2N2O/c1-5-6(2-3-14-5)9-12-7(10)4-8(11)13-9/h2-4H,1H3. The summed E-state index contributed by atoms with van der Waals surface area (Å²) in [5.41, 5.74) is 0.909. The second kappa shape index (κ2) is 3.82. The summed E-state index contributed by atoms with van der Waals surface area (Å²) in [5.74, 6) is 1.47. The number of furan rings is 1. The number of hydrogen-bond donors (Lipinski definition) is 0. The number of nitrogens with zero attached hydrogens (tertiary/aromatic N) is 2. The molecule has 2 aromatic heterocycles. The normalized spacial score (nSPS) is 10.5. The number of halogens is 2. The maximum Gasteiger partial charge on any atom is 0.165 e. The molecule has 0 aliphatic heterocycles. The van der Waals surface area contributed by atoms with Crippen molar-refractivity contribution in [2.45, 2.75) is 6.92 Å². The second-order valence-corrected chi connectivity index (χ2v) is 4.35. The molecule has 0 atom stereocenters. The van der Waals surface area contributed by atoms with Gasteiger partial charge in [-0.15, -0.1) is 0 Å². The Labute approximate surface area is 97.8 Å². The molecule has 2 rings (SSSR count). The molecule has 0 spiro atoms. The molecule has 3 nitrogen and oxygen atoms in total. The van der Waals surface area contributed by atoms with Crippen LogP contribution in [-0.2, 0) is 0 Å². The van der Waals surface area contributed by atoms with Crippen molar-refractivity contribution in [1.82, 2.24) is 9.97 Å². The minimum absolute atomic E-state index is 0.650. The van der Waals surface area contributed by atoms with Crippen molar-refractivity contribution in [3.05, 3.63) is 33.4 Å². The molecule has 0 aliphatic carbocycles. The van der Waals surface area contributed by atoms with Gasteiger partial charge in [-0.05, 0) is 44.8 Å². The molecule has 14 heavy (non-hydrogen) atoms. The van der Waals surface area contributed by atoms with E-state index in [1.54, 1.807) is 12.3 Å². The van der Waals surface area contributed by atoms with Gasteiger partial charge in [-0.25, -0.2) is 9.97 Å². The lowest BCUT2D eigenvalue weighted by Crippen LogP contribution is -1.90. The Kier molecular flexibility index (Phi) is 2.69. The maximum absolute atomic E-state index is 5.19. The number of rotatable bonds is 1. The van der Waals surface area contributed by atoms with Gasteiger partial charge in [0, 0.05) is 6.07 Å². The Balaban J connectivity index is 2.57. The molecule has 0 N–H and O–H groups in total. The molecule has 5 heteroatoms. The molecule has 72 valence electrons. The van der Waals surface area contributed by atoms with E-state index in [1.807, 2.05) is 13.0 Å². The van der Waals surface area contributed by atoms with Crippen molar-refractivity contribution < 1.29 is 4.42 Å². The Morgan fingerprint density at radius 3 is 2.36 bits per heavy atom. The van der Waals surface area contributed by atoms with Crippen LogP contribution in [0.15, 0.2) is 32.0 Å². The first-order chi connectivity index (χ1) is 6.66. The summed E-state index contributed by atoms with van der Waals surface area (Å²) < 4.78 is 6.68. The van der Waals surface area contributed by atoms with E-state index < -0.39 is 0 Å². The third kappa shape index (κ3) is 1.88. The highest BCUT2D eigenvalue weighted by atomic mass is 79.9. The fourth-order valence-corrected chi connectivity index (χ4v) is 2.20. The Morgan fingerprint density at radius 1 is 1.21 bits per heavy atom. The largest absolute Gasteiger partial charge is 0.469 e. The molecule has 0 bridgehead atoms. The first-order valence-electron chi connectivity index (χ1n) is 3.91. The van der Waals surface area contributed by atoms with Gasteiger partial charge in [0.2, 0.25) is 0 Å². The Hall–Kier alpha value is -0.680. The lowest BCUT2D eigenvalue weighted by atomic mass is 10.2. The van der Waals surface area contributed by atoms with Crippen LogP contribution in [-0.4, -0.2) is 9.97 Å². The second-order valence-electron chi connectivity index (χ2n) is 2.73. The minimum Gasteiger partial charge on any atom is -0.469 e. The zero-order valence-corrected chi connectivity index (χ0v) is 10.5. The van der Waals surface area contributed by atoms with Gasteiger partial charge < -0.3 is 4.42 Å². The highest BCUT2D eigenvalue weighted by Crippen LogP contribution is 2.24. The fourth-order valence-electron chi connectivity index (χ4n) is 1.13. The lowest BCUT2D eigenvalue weighted by Gasteiger charge is -1.99. The summed E-state index contributed by atoms with van der Waals surface area (Å²) in [6.07, 6.45) is 1.63. The van der Waals surface area contributed by atoms with Crippen LogP contribution in [0.25, 0.3) is 11.4 Å². The van der Waals surface area contributed by atoms with Crippen molar-refractivity contribution in [3.63, 3.8) is 0 Å². The predicted molar refractivity (Wildman–Crippen MR) is 59.9 cm³/mol. The Bertz CT molecular complexity index is 447. The van der Waals surface area contributed by atoms with Gasteiger partial charge in [0.1, 0.15) is 15.0 Å². The van der Waals surface area contributed by atoms with E-state index >= 15 is 0 Å². The van der Waals surface area contributed by atoms with Gasteiger partial charge >= 0.3 is 0 Å². The number of aromatic nitrogens is 2. The van der Waals surface area contributed by atoms with E-state index in [1.165, 1.54) is 0 Å². The van der Waals surface area contributed by atoms with E-state index in [-0.39, 0.29) is 0 Å². The molecule has 0 unspecified atom stereocenters. The monoisotopic (exact) mass is 316 g/mol. The van der Waals surface area contributed by atoms with Crippen molar-refractivity contribution in [2.24, 2.45) is 0 Å². The van der Waals surface area contributed by atoms with Crippen molar-refractivity contribution in [2.75, 3.05) is 0 Å². The van der Waals surface area contributed by atoms with Gasteiger partial charge in [-0.1, -0.05) is 0 Å². The van der Waals surface area contributed by atoms with Crippen molar-refractivity contribution in [1.29, 1.82) is 0 Å². The summed E-state index contributed by atoms with van der Waals surface area (Å²) in [4.78, 5) is 8.51. The van der Waals surface area contributed by atoms with E-state index in [2.05, 4.69) is 41.8 Å². The van der Waals surface area contributed by atoms with Crippen molar-refractivity contribution >= 4 is 31.9 Å². The summed E-state index contributed by atoms with van der Waals surface area (Å²) in [5, 5.41) is 0. The van der Waals surface area contributed by atoms with Crippen LogP contribution in [0.4, 0.5) is 0 Å². The molecular formula is C9H6Br2N2O.